The summed E-state index contributed by atoms with van der Waals surface area (Å²) in [6.45, 7) is 10.1. The van der Waals surface area contributed by atoms with Gasteiger partial charge >= 0.3 is 0 Å². The zero-order valence-corrected chi connectivity index (χ0v) is 18.0. The minimum atomic E-state index is 0.322. The zero-order valence-electron chi connectivity index (χ0n) is 18.0. The lowest BCUT2D eigenvalue weighted by Crippen LogP contribution is -2.32. The second-order valence-corrected chi connectivity index (χ2v) is 7.52. The molecule has 2 aromatic heterocycles. The van der Waals surface area contributed by atoms with E-state index in [-0.39, 0.29) is 0 Å². The topological polar surface area (TPSA) is 82.9 Å². The molecule has 6 heteroatoms. The minimum Gasteiger partial charge on any atom is -0.397 e. The summed E-state index contributed by atoms with van der Waals surface area (Å²) in [5.74, 6) is 6.05. The number of benzene rings is 1. The van der Waals surface area contributed by atoms with Crippen molar-refractivity contribution in [1.82, 2.24) is 25.4 Å². The third-order valence-corrected chi connectivity index (χ3v) is 5.20. The number of pyridine rings is 1. The van der Waals surface area contributed by atoms with Crippen LogP contribution in [0.15, 0.2) is 43.2 Å². The van der Waals surface area contributed by atoms with Crippen LogP contribution < -0.4 is 11.1 Å². The Labute approximate surface area is 178 Å². The van der Waals surface area contributed by atoms with E-state index in [1.165, 1.54) is 0 Å². The van der Waals surface area contributed by atoms with Crippen LogP contribution in [-0.4, -0.2) is 46.3 Å². The predicted molar refractivity (Wildman–Crippen MR) is 126 cm³/mol. The molecule has 0 radical (unpaired) electrons. The SMILES string of the molecule is C=C(NC(CC)CCN(C)CC#CC)c1n[nH]c2ccc(-c3cncc(N)c3)cc12. The van der Waals surface area contributed by atoms with Crippen LogP contribution in [0.2, 0.25) is 0 Å². The first-order valence-corrected chi connectivity index (χ1v) is 10.2. The summed E-state index contributed by atoms with van der Waals surface area (Å²) >= 11 is 0. The van der Waals surface area contributed by atoms with Gasteiger partial charge in [-0.05, 0) is 50.6 Å². The van der Waals surface area contributed by atoms with E-state index in [4.69, 9.17) is 5.73 Å². The number of anilines is 1. The first-order valence-electron chi connectivity index (χ1n) is 10.2. The van der Waals surface area contributed by atoms with E-state index in [1.54, 1.807) is 6.20 Å². The zero-order chi connectivity index (χ0) is 21.5. The number of hydrogen-bond acceptors (Lipinski definition) is 5. The molecule has 2 heterocycles. The number of aromatic nitrogens is 3. The van der Waals surface area contributed by atoms with Gasteiger partial charge in [-0.2, -0.15) is 5.10 Å². The molecule has 0 spiro atoms. The lowest BCUT2D eigenvalue weighted by atomic mass is 10.0. The molecule has 30 heavy (non-hydrogen) atoms. The van der Waals surface area contributed by atoms with Gasteiger partial charge in [0, 0.05) is 35.9 Å². The van der Waals surface area contributed by atoms with Crippen LogP contribution in [0, 0.1) is 11.8 Å². The Balaban J connectivity index is 1.75. The van der Waals surface area contributed by atoms with Crippen molar-refractivity contribution in [2.45, 2.75) is 32.7 Å². The molecule has 1 unspecified atom stereocenters. The van der Waals surface area contributed by atoms with E-state index < -0.39 is 0 Å². The quantitative estimate of drug-likeness (QED) is 0.473. The van der Waals surface area contributed by atoms with Crippen molar-refractivity contribution < 1.29 is 0 Å². The van der Waals surface area contributed by atoms with E-state index in [1.807, 2.05) is 31.3 Å². The van der Waals surface area contributed by atoms with Gasteiger partial charge in [-0.25, -0.2) is 0 Å². The molecule has 3 rings (SSSR count). The third-order valence-electron chi connectivity index (χ3n) is 5.20. The van der Waals surface area contributed by atoms with Crippen LogP contribution >= 0.6 is 0 Å². The van der Waals surface area contributed by atoms with E-state index in [9.17, 15) is 0 Å². The fraction of sp³-hybridized carbons (Fsp3) is 0.333. The number of nitrogens with zero attached hydrogens (tertiary/aromatic N) is 3. The van der Waals surface area contributed by atoms with Crippen molar-refractivity contribution in [1.29, 1.82) is 0 Å². The molecule has 1 atom stereocenters. The lowest BCUT2D eigenvalue weighted by Gasteiger charge is -2.22. The smallest absolute Gasteiger partial charge is 0.115 e. The van der Waals surface area contributed by atoms with Gasteiger partial charge in [-0.1, -0.05) is 25.5 Å². The number of aromatic amines is 1. The highest BCUT2D eigenvalue weighted by atomic mass is 15.1. The standard InChI is InChI=1S/C24H30N6/c1-5-7-11-30(4)12-10-21(6-2)27-17(3)24-22-14-18(8-9-23(22)28-29-24)19-13-20(25)16-26-15-19/h8-9,13-16,21,27H,3,6,10-12,25H2,1-2,4H3,(H,28,29). The summed E-state index contributed by atoms with van der Waals surface area (Å²) in [5.41, 5.74) is 11.2. The van der Waals surface area contributed by atoms with Crippen LogP contribution in [0.1, 0.15) is 32.4 Å². The molecule has 0 fully saturated rings. The Bertz CT molecular complexity index is 1070. The molecule has 4 N–H and O–H groups in total. The summed E-state index contributed by atoms with van der Waals surface area (Å²) in [4.78, 5) is 6.43. The largest absolute Gasteiger partial charge is 0.397 e. The Hall–Kier alpha value is -3.30. The number of nitrogens with two attached hydrogens (primary N) is 1. The van der Waals surface area contributed by atoms with E-state index in [0.29, 0.717) is 11.7 Å². The van der Waals surface area contributed by atoms with Gasteiger partial charge in [0.25, 0.3) is 0 Å². The average molecular weight is 403 g/mol. The van der Waals surface area contributed by atoms with Gasteiger partial charge in [0.2, 0.25) is 0 Å². The maximum Gasteiger partial charge on any atom is 0.115 e. The fourth-order valence-electron chi connectivity index (χ4n) is 3.40. The highest BCUT2D eigenvalue weighted by Crippen LogP contribution is 2.28. The third kappa shape index (κ3) is 5.19. The van der Waals surface area contributed by atoms with Crippen LogP contribution in [0.4, 0.5) is 5.69 Å². The van der Waals surface area contributed by atoms with Crippen molar-refractivity contribution in [2.75, 3.05) is 25.9 Å². The molecular formula is C24H30N6. The predicted octanol–water partition coefficient (Wildman–Crippen LogP) is 3.89. The van der Waals surface area contributed by atoms with Crippen LogP contribution in [-0.2, 0) is 0 Å². The minimum absolute atomic E-state index is 0.322. The highest BCUT2D eigenvalue weighted by molar-refractivity contribution is 5.92. The van der Waals surface area contributed by atoms with Gasteiger partial charge in [-0.3, -0.25) is 15.0 Å². The molecule has 0 saturated carbocycles. The molecule has 6 nitrogen and oxygen atoms in total. The highest BCUT2D eigenvalue weighted by Gasteiger charge is 2.14. The average Bonchev–Trinajstić information content (AvgIpc) is 3.18. The molecule has 156 valence electrons. The summed E-state index contributed by atoms with van der Waals surface area (Å²) in [6, 6.07) is 8.42. The van der Waals surface area contributed by atoms with Gasteiger partial charge in [-0.15, -0.1) is 5.92 Å². The van der Waals surface area contributed by atoms with Gasteiger partial charge in [0.1, 0.15) is 5.69 Å². The molecular weight excluding hydrogens is 372 g/mol. The van der Waals surface area contributed by atoms with Crippen molar-refractivity contribution in [2.24, 2.45) is 0 Å². The summed E-state index contributed by atoms with van der Waals surface area (Å²) < 4.78 is 0. The second-order valence-electron chi connectivity index (χ2n) is 7.52. The first kappa shape index (κ1) is 21.4. The second kappa shape index (κ2) is 9.95. The molecule has 1 aromatic carbocycles. The van der Waals surface area contributed by atoms with Crippen molar-refractivity contribution in [3.8, 4) is 23.0 Å². The maximum atomic E-state index is 5.90. The summed E-state index contributed by atoms with van der Waals surface area (Å²) in [7, 11) is 2.10. The molecule has 0 amide bonds. The number of fused-ring (bicyclic) bond motifs is 1. The maximum absolute atomic E-state index is 5.90. The molecule has 0 saturated heterocycles. The van der Waals surface area contributed by atoms with E-state index >= 15 is 0 Å². The molecule has 3 aromatic rings. The van der Waals surface area contributed by atoms with Crippen molar-refractivity contribution in [3.63, 3.8) is 0 Å². The first-order chi connectivity index (χ1) is 14.5. The van der Waals surface area contributed by atoms with E-state index in [2.05, 4.69) is 63.9 Å². The van der Waals surface area contributed by atoms with Gasteiger partial charge in [0.15, 0.2) is 0 Å². The Morgan fingerprint density at radius 2 is 2.13 bits per heavy atom. The molecule has 0 aliphatic rings. The summed E-state index contributed by atoms with van der Waals surface area (Å²) in [5, 5.41) is 12.2. The van der Waals surface area contributed by atoms with Crippen LogP contribution in [0.5, 0.6) is 0 Å². The molecule has 0 aliphatic carbocycles. The number of rotatable bonds is 9. The Morgan fingerprint density at radius 3 is 2.87 bits per heavy atom. The van der Waals surface area contributed by atoms with Gasteiger partial charge in [0.05, 0.1) is 23.4 Å². The number of nitrogens with one attached hydrogen (secondary N) is 2. The molecule has 0 bridgehead atoms. The van der Waals surface area contributed by atoms with Crippen LogP contribution in [0.3, 0.4) is 0 Å². The van der Waals surface area contributed by atoms with Crippen molar-refractivity contribution in [3.05, 3.63) is 48.9 Å². The fourth-order valence-corrected chi connectivity index (χ4v) is 3.40. The number of H-pyrrole nitrogens is 1. The van der Waals surface area contributed by atoms with Crippen molar-refractivity contribution >= 4 is 22.3 Å². The van der Waals surface area contributed by atoms with Gasteiger partial charge < -0.3 is 11.1 Å². The summed E-state index contributed by atoms with van der Waals surface area (Å²) in [6.07, 6.45) is 5.49. The van der Waals surface area contributed by atoms with Crippen LogP contribution in [0.25, 0.3) is 27.7 Å². The monoisotopic (exact) mass is 402 g/mol. The van der Waals surface area contributed by atoms with E-state index in [0.717, 1.165) is 59.4 Å². The number of nitrogen functional groups attached to an aromatic ring is 1. The lowest BCUT2D eigenvalue weighted by molar-refractivity contribution is 0.343. The Morgan fingerprint density at radius 1 is 1.30 bits per heavy atom. The molecule has 0 aliphatic heterocycles. The normalized spacial score (nSPS) is 11.9. The Kier molecular flexibility index (Phi) is 7.10. The number of hydrogen-bond donors (Lipinski definition) is 3.